The van der Waals surface area contributed by atoms with Crippen LogP contribution in [0, 0.1) is 0 Å². The maximum Gasteiger partial charge on any atom is 0.337 e. The Kier molecular flexibility index (Phi) is 4.93. The van der Waals surface area contributed by atoms with Gasteiger partial charge in [0.05, 0.1) is 24.4 Å². The highest BCUT2D eigenvalue weighted by molar-refractivity contribution is 9.09. The summed E-state index contributed by atoms with van der Waals surface area (Å²) in [6.07, 6.45) is 3.62. The zero-order valence-electron chi connectivity index (χ0n) is 12.2. The van der Waals surface area contributed by atoms with Crippen LogP contribution in [0.3, 0.4) is 0 Å². The highest BCUT2D eigenvalue weighted by atomic mass is 79.9. The topological polar surface area (TPSA) is 62.7 Å². The maximum absolute atomic E-state index is 11.4. The molecule has 22 heavy (non-hydrogen) atoms. The third kappa shape index (κ3) is 3.41. The fourth-order valence-electron chi connectivity index (χ4n) is 2.69. The number of hydrogen-bond donors (Lipinski definition) is 2. The second-order valence-corrected chi connectivity index (χ2v) is 7.69. The molecule has 1 aliphatic heterocycles. The summed E-state index contributed by atoms with van der Waals surface area (Å²) >= 11 is 5.55. The van der Waals surface area contributed by atoms with Crippen LogP contribution in [0.25, 0.3) is 0 Å². The number of hydrogen-bond acceptors (Lipinski definition) is 6. The van der Waals surface area contributed by atoms with Gasteiger partial charge in [-0.2, -0.15) is 0 Å². The van der Waals surface area contributed by atoms with E-state index in [9.17, 15) is 4.79 Å². The predicted molar refractivity (Wildman–Crippen MR) is 93.7 cm³/mol. The number of hydrazine groups is 1. The molecule has 0 bridgehead atoms. The van der Waals surface area contributed by atoms with Gasteiger partial charge in [-0.25, -0.2) is 4.79 Å². The molecule has 118 valence electrons. The van der Waals surface area contributed by atoms with Gasteiger partial charge in [0.1, 0.15) is 0 Å². The first kappa shape index (κ1) is 15.7. The van der Waals surface area contributed by atoms with E-state index in [0.29, 0.717) is 21.7 Å². The van der Waals surface area contributed by atoms with E-state index in [-0.39, 0.29) is 5.97 Å². The van der Waals surface area contributed by atoms with Gasteiger partial charge in [0.15, 0.2) is 5.17 Å². The van der Waals surface area contributed by atoms with E-state index in [1.54, 1.807) is 23.9 Å². The minimum absolute atomic E-state index is 0.331. The van der Waals surface area contributed by atoms with Gasteiger partial charge in [-0.05, 0) is 37.1 Å². The zero-order valence-corrected chi connectivity index (χ0v) is 14.6. The Labute approximate surface area is 142 Å². The molecule has 0 radical (unpaired) electrons. The molecule has 1 saturated carbocycles. The molecule has 0 aromatic heterocycles. The fourth-order valence-corrected chi connectivity index (χ4v) is 4.89. The maximum atomic E-state index is 11.4. The normalized spacial score (nSPS) is 26.8. The lowest BCUT2D eigenvalue weighted by atomic mass is 9.95. The van der Waals surface area contributed by atoms with Crippen LogP contribution in [0.5, 0.6) is 0 Å². The summed E-state index contributed by atoms with van der Waals surface area (Å²) in [4.78, 5) is 16.7. The summed E-state index contributed by atoms with van der Waals surface area (Å²) < 4.78 is 4.68. The Morgan fingerprint density at radius 3 is 2.77 bits per heavy atom. The summed E-state index contributed by atoms with van der Waals surface area (Å²) in [5.74, 6) is -0.331. The number of nitrogens with zero attached hydrogens (tertiary/aromatic N) is 1. The molecular weight excluding hydrogens is 366 g/mol. The van der Waals surface area contributed by atoms with E-state index in [0.717, 1.165) is 10.9 Å². The minimum Gasteiger partial charge on any atom is -0.465 e. The lowest BCUT2D eigenvalue weighted by Crippen LogP contribution is -2.31. The molecule has 3 atom stereocenters. The van der Waals surface area contributed by atoms with Crippen molar-refractivity contribution in [1.82, 2.24) is 5.43 Å². The summed E-state index contributed by atoms with van der Waals surface area (Å²) in [5.41, 5.74) is 7.70. The number of halogens is 1. The molecule has 7 heteroatoms. The molecule has 0 saturated heterocycles. The number of esters is 1. The average Bonchev–Trinajstić information content (AvgIpc) is 2.97. The van der Waals surface area contributed by atoms with Crippen molar-refractivity contribution >= 4 is 44.5 Å². The molecule has 1 fully saturated rings. The van der Waals surface area contributed by atoms with Crippen LogP contribution in [-0.2, 0) is 4.74 Å². The Morgan fingerprint density at radius 2 is 2.09 bits per heavy atom. The first-order valence-electron chi connectivity index (χ1n) is 7.26. The van der Waals surface area contributed by atoms with E-state index in [4.69, 9.17) is 4.99 Å². The molecule has 3 rings (SSSR count). The number of carbonyl (C=O) groups is 1. The van der Waals surface area contributed by atoms with Gasteiger partial charge in [0.25, 0.3) is 0 Å². The van der Waals surface area contributed by atoms with Crippen molar-refractivity contribution in [2.45, 2.75) is 35.4 Å². The molecular formula is C15H18BrN3O2S. The van der Waals surface area contributed by atoms with Gasteiger partial charge in [-0.15, -0.1) is 0 Å². The number of methoxy groups -OCH3 is 1. The summed E-state index contributed by atoms with van der Waals surface area (Å²) in [6, 6.07) is 7.54. The minimum atomic E-state index is -0.331. The first-order chi connectivity index (χ1) is 10.7. The number of carbonyl (C=O) groups excluding carboxylic acids is 1. The van der Waals surface area contributed by atoms with Crippen LogP contribution in [-0.4, -0.2) is 34.4 Å². The number of rotatable bonds is 3. The summed E-state index contributed by atoms with van der Waals surface area (Å²) in [6.45, 7) is 0. The second-order valence-electron chi connectivity index (χ2n) is 5.35. The Hall–Kier alpha value is -1.21. The summed E-state index contributed by atoms with van der Waals surface area (Å²) in [5, 5.41) is 1.46. The van der Waals surface area contributed by atoms with Gasteiger partial charge in [0, 0.05) is 10.1 Å². The number of thioether (sulfide) groups is 1. The third-order valence-corrected chi connectivity index (χ3v) is 6.59. The van der Waals surface area contributed by atoms with Crippen molar-refractivity contribution in [2.24, 2.45) is 4.99 Å². The highest BCUT2D eigenvalue weighted by Gasteiger charge is 2.37. The quantitative estimate of drug-likeness (QED) is 0.476. The molecule has 0 spiro atoms. The SMILES string of the molecule is COC(=O)c1ccc(NNC2=NC3CCCC(Br)C3S2)cc1. The molecule has 5 nitrogen and oxygen atoms in total. The number of aliphatic imine (C=N–C) groups is 1. The van der Waals surface area contributed by atoms with Crippen molar-refractivity contribution in [1.29, 1.82) is 0 Å². The van der Waals surface area contributed by atoms with Crippen LogP contribution >= 0.6 is 27.7 Å². The van der Waals surface area contributed by atoms with E-state index >= 15 is 0 Å². The molecule has 3 unspecified atom stereocenters. The number of amidine groups is 1. The van der Waals surface area contributed by atoms with Gasteiger partial charge in [0.2, 0.25) is 0 Å². The standard InChI is InChI=1S/C15H18BrN3O2S/c1-21-14(20)9-5-7-10(8-6-9)18-19-15-17-12-4-2-3-11(16)13(12)22-15/h5-8,11-13,18H,2-4H2,1H3,(H,17,19). The average molecular weight is 384 g/mol. The van der Waals surface area contributed by atoms with Crippen molar-refractivity contribution in [3.63, 3.8) is 0 Å². The van der Waals surface area contributed by atoms with Gasteiger partial charge in [-0.1, -0.05) is 34.1 Å². The van der Waals surface area contributed by atoms with Crippen LogP contribution in [0.1, 0.15) is 29.6 Å². The van der Waals surface area contributed by atoms with E-state index in [2.05, 4.69) is 31.5 Å². The monoisotopic (exact) mass is 383 g/mol. The molecule has 1 heterocycles. The largest absolute Gasteiger partial charge is 0.465 e. The number of ether oxygens (including phenoxy) is 1. The van der Waals surface area contributed by atoms with Crippen molar-refractivity contribution in [3.8, 4) is 0 Å². The Morgan fingerprint density at radius 1 is 1.32 bits per heavy atom. The number of benzene rings is 1. The number of alkyl halides is 1. The molecule has 2 aliphatic rings. The predicted octanol–water partition coefficient (Wildman–Crippen LogP) is 3.18. The van der Waals surface area contributed by atoms with Crippen molar-refractivity contribution in [2.75, 3.05) is 12.5 Å². The van der Waals surface area contributed by atoms with Gasteiger partial charge < -0.3 is 4.74 Å². The lowest BCUT2D eigenvalue weighted by molar-refractivity contribution is 0.0601. The number of anilines is 1. The highest BCUT2D eigenvalue weighted by Crippen LogP contribution is 2.39. The number of fused-ring (bicyclic) bond motifs is 1. The van der Waals surface area contributed by atoms with E-state index in [1.165, 1.54) is 26.4 Å². The second kappa shape index (κ2) is 6.91. The molecule has 1 aromatic rings. The molecule has 2 N–H and O–H groups in total. The van der Waals surface area contributed by atoms with Crippen LogP contribution < -0.4 is 10.9 Å². The molecule has 1 aromatic carbocycles. The lowest BCUT2D eigenvalue weighted by Gasteiger charge is -2.27. The molecule has 0 amide bonds. The van der Waals surface area contributed by atoms with Crippen molar-refractivity contribution < 1.29 is 9.53 Å². The Bertz CT molecular complexity index is 579. The van der Waals surface area contributed by atoms with Crippen molar-refractivity contribution in [3.05, 3.63) is 29.8 Å². The van der Waals surface area contributed by atoms with E-state index in [1.807, 2.05) is 12.1 Å². The van der Waals surface area contributed by atoms with E-state index < -0.39 is 0 Å². The first-order valence-corrected chi connectivity index (χ1v) is 9.06. The van der Waals surface area contributed by atoms with Crippen LogP contribution in [0.15, 0.2) is 29.3 Å². The van der Waals surface area contributed by atoms with Gasteiger partial charge in [-0.3, -0.25) is 15.8 Å². The van der Waals surface area contributed by atoms with Gasteiger partial charge >= 0.3 is 5.97 Å². The van der Waals surface area contributed by atoms with Crippen LogP contribution in [0.2, 0.25) is 0 Å². The molecule has 1 aliphatic carbocycles. The van der Waals surface area contributed by atoms with Crippen LogP contribution in [0.4, 0.5) is 5.69 Å². The zero-order chi connectivity index (χ0) is 15.5. The summed E-state index contributed by atoms with van der Waals surface area (Å²) in [7, 11) is 1.38. The third-order valence-electron chi connectivity index (χ3n) is 3.87. The Balaban J connectivity index is 1.56. The smallest absolute Gasteiger partial charge is 0.337 e. The number of nitrogens with one attached hydrogen (secondary N) is 2. The fraction of sp³-hybridized carbons (Fsp3) is 0.467.